The van der Waals surface area contributed by atoms with Crippen LogP contribution in [0.4, 0.5) is 5.69 Å². The molecule has 1 saturated heterocycles. The highest BCUT2D eigenvalue weighted by Gasteiger charge is 2.27. The molecule has 1 aromatic carbocycles. The highest BCUT2D eigenvalue weighted by molar-refractivity contribution is 5.63. The Morgan fingerprint density at radius 2 is 1.78 bits per heavy atom. The molecule has 0 aliphatic carbocycles. The molecule has 130 valence electrons. The second-order valence-corrected chi connectivity index (χ2v) is 6.18. The van der Waals surface area contributed by atoms with Crippen molar-refractivity contribution in [2.24, 2.45) is 11.7 Å². The predicted molar refractivity (Wildman–Crippen MR) is 93.9 cm³/mol. The van der Waals surface area contributed by atoms with Crippen LogP contribution in [0.1, 0.15) is 32.6 Å². The van der Waals surface area contributed by atoms with Crippen LogP contribution in [0.5, 0.6) is 17.2 Å². The van der Waals surface area contributed by atoms with Crippen molar-refractivity contribution in [1.29, 1.82) is 0 Å². The quantitative estimate of drug-likeness (QED) is 0.836. The van der Waals surface area contributed by atoms with Crippen LogP contribution in [0.25, 0.3) is 0 Å². The molecule has 2 rings (SSSR count). The summed E-state index contributed by atoms with van der Waals surface area (Å²) in [5.41, 5.74) is 7.43. The summed E-state index contributed by atoms with van der Waals surface area (Å²) < 4.78 is 16.3. The zero-order valence-electron chi connectivity index (χ0n) is 14.8. The average molecular weight is 322 g/mol. The molecular weight excluding hydrogens is 292 g/mol. The van der Waals surface area contributed by atoms with Gasteiger partial charge in [-0.2, -0.15) is 0 Å². The van der Waals surface area contributed by atoms with Crippen LogP contribution in [0.3, 0.4) is 0 Å². The van der Waals surface area contributed by atoms with Gasteiger partial charge in [0.05, 0.1) is 21.3 Å². The van der Waals surface area contributed by atoms with Crippen molar-refractivity contribution in [3.63, 3.8) is 0 Å². The number of ether oxygens (including phenoxy) is 3. The SMILES string of the molecule is CCCC[C@@H]1CN(c2cc(OC)c(OC)c(OC)c2)CC[C@@H]1N. The second kappa shape index (κ2) is 8.29. The monoisotopic (exact) mass is 322 g/mol. The van der Waals surface area contributed by atoms with Crippen molar-refractivity contribution in [3.05, 3.63) is 12.1 Å². The lowest BCUT2D eigenvalue weighted by Gasteiger charge is -2.38. The fourth-order valence-electron chi connectivity index (χ4n) is 3.31. The average Bonchev–Trinajstić information content (AvgIpc) is 2.59. The molecular formula is C18H30N2O3. The number of unbranched alkanes of at least 4 members (excludes halogenated alkanes) is 1. The summed E-state index contributed by atoms with van der Waals surface area (Å²) in [4.78, 5) is 2.38. The van der Waals surface area contributed by atoms with E-state index in [1.54, 1.807) is 21.3 Å². The maximum absolute atomic E-state index is 6.32. The molecule has 2 atom stereocenters. The van der Waals surface area contributed by atoms with E-state index in [0.29, 0.717) is 29.2 Å². The maximum atomic E-state index is 6.32. The summed E-state index contributed by atoms with van der Waals surface area (Å²) in [7, 11) is 4.93. The van der Waals surface area contributed by atoms with Crippen molar-refractivity contribution in [3.8, 4) is 17.2 Å². The molecule has 5 nitrogen and oxygen atoms in total. The van der Waals surface area contributed by atoms with Gasteiger partial charge in [-0.3, -0.25) is 0 Å². The molecule has 1 aromatic rings. The van der Waals surface area contributed by atoms with Gasteiger partial charge in [-0.25, -0.2) is 0 Å². The molecule has 1 heterocycles. The van der Waals surface area contributed by atoms with E-state index in [1.165, 1.54) is 19.3 Å². The first-order valence-corrected chi connectivity index (χ1v) is 8.45. The van der Waals surface area contributed by atoms with Gasteiger partial charge in [0, 0.05) is 37.0 Å². The van der Waals surface area contributed by atoms with Gasteiger partial charge in [-0.1, -0.05) is 19.8 Å². The molecule has 5 heteroatoms. The lowest BCUT2D eigenvalue weighted by atomic mass is 9.88. The largest absolute Gasteiger partial charge is 0.493 e. The summed E-state index contributed by atoms with van der Waals surface area (Å²) in [5.74, 6) is 2.57. The highest BCUT2D eigenvalue weighted by atomic mass is 16.5. The Bertz CT molecular complexity index is 482. The third kappa shape index (κ3) is 4.02. The number of piperidine rings is 1. The van der Waals surface area contributed by atoms with Gasteiger partial charge in [-0.05, 0) is 18.8 Å². The summed E-state index contributed by atoms with van der Waals surface area (Å²) >= 11 is 0. The van der Waals surface area contributed by atoms with Crippen LogP contribution in [0.2, 0.25) is 0 Å². The maximum Gasteiger partial charge on any atom is 0.203 e. The third-order valence-electron chi connectivity index (χ3n) is 4.74. The smallest absolute Gasteiger partial charge is 0.203 e. The van der Waals surface area contributed by atoms with Gasteiger partial charge in [-0.15, -0.1) is 0 Å². The Balaban J connectivity index is 2.23. The zero-order valence-corrected chi connectivity index (χ0v) is 14.8. The first-order chi connectivity index (χ1) is 11.1. The Kier molecular flexibility index (Phi) is 6.39. The Morgan fingerprint density at radius 3 is 2.30 bits per heavy atom. The van der Waals surface area contributed by atoms with E-state index in [1.807, 2.05) is 12.1 Å². The first kappa shape index (κ1) is 17.7. The Labute approximate surface area is 139 Å². The number of methoxy groups -OCH3 is 3. The predicted octanol–water partition coefficient (Wildman–Crippen LogP) is 3.06. The van der Waals surface area contributed by atoms with Crippen LogP contribution in [0.15, 0.2) is 12.1 Å². The number of rotatable bonds is 7. The topological polar surface area (TPSA) is 57.0 Å². The summed E-state index contributed by atoms with van der Waals surface area (Å²) in [5, 5.41) is 0. The molecule has 0 saturated carbocycles. The van der Waals surface area contributed by atoms with Crippen molar-refractivity contribution in [2.45, 2.75) is 38.6 Å². The van der Waals surface area contributed by atoms with Gasteiger partial charge in [0.2, 0.25) is 5.75 Å². The molecule has 1 aliphatic heterocycles. The molecule has 1 fully saturated rings. The van der Waals surface area contributed by atoms with E-state index < -0.39 is 0 Å². The van der Waals surface area contributed by atoms with Gasteiger partial charge < -0.3 is 24.8 Å². The fourth-order valence-corrected chi connectivity index (χ4v) is 3.31. The molecule has 0 unspecified atom stereocenters. The molecule has 23 heavy (non-hydrogen) atoms. The molecule has 0 radical (unpaired) electrons. The zero-order chi connectivity index (χ0) is 16.8. The number of benzene rings is 1. The Hall–Kier alpha value is -1.62. The van der Waals surface area contributed by atoms with Crippen molar-refractivity contribution in [1.82, 2.24) is 0 Å². The van der Waals surface area contributed by atoms with Crippen LogP contribution < -0.4 is 24.8 Å². The minimum Gasteiger partial charge on any atom is -0.493 e. The normalized spacial score (nSPS) is 21.2. The lowest BCUT2D eigenvalue weighted by Crippen LogP contribution is -2.47. The van der Waals surface area contributed by atoms with Crippen LogP contribution in [-0.2, 0) is 0 Å². The van der Waals surface area contributed by atoms with E-state index in [0.717, 1.165) is 25.2 Å². The lowest BCUT2D eigenvalue weighted by molar-refractivity contribution is 0.320. The number of nitrogens with zero attached hydrogens (tertiary/aromatic N) is 1. The summed E-state index contributed by atoms with van der Waals surface area (Å²) in [6.07, 6.45) is 4.67. The van der Waals surface area contributed by atoms with E-state index in [2.05, 4.69) is 11.8 Å². The Morgan fingerprint density at radius 1 is 1.13 bits per heavy atom. The first-order valence-electron chi connectivity index (χ1n) is 8.45. The number of nitrogens with two attached hydrogens (primary N) is 1. The molecule has 1 aliphatic rings. The van der Waals surface area contributed by atoms with E-state index >= 15 is 0 Å². The van der Waals surface area contributed by atoms with E-state index in [-0.39, 0.29) is 0 Å². The fraction of sp³-hybridized carbons (Fsp3) is 0.667. The van der Waals surface area contributed by atoms with E-state index in [4.69, 9.17) is 19.9 Å². The summed E-state index contributed by atoms with van der Waals surface area (Å²) in [6, 6.07) is 4.35. The molecule has 0 bridgehead atoms. The number of hydrogen-bond donors (Lipinski definition) is 1. The van der Waals surface area contributed by atoms with Gasteiger partial charge in [0.25, 0.3) is 0 Å². The molecule has 2 N–H and O–H groups in total. The third-order valence-corrected chi connectivity index (χ3v) is 4.74. The molecule has 0 amide bonds. The van der Waals surface area contributed by atoms with Crippen molar-refractivity contribution in [2.75, 3.05) is 39.3 Å². The summed E-state index contributed by atoms with van der Waals surface area (Å²) in [6.45, 7) is 4.17. The second-order valence-electron chi connectivity index (χ2n) is 6.18. The van der Waals surface area contributed by atoms with Crippen LogP contribution in [0, 0.1) is 5.92 Å². The van der Waals surface area contributed by atoms with Gasteiger partial charge in [0.1, 0.15) is 0 Å². The van der Waals surface area contributed by atoms with Crippen LogP contribution in [-0.4, -0.2) is 40.5 Å². The number of anilines is 1. The van der Waals surface area contributed by atoms with Crippen molar-refractivity contribution >= 4 is 5.69 Å². The van der Waals surface area contributed by atoms with Gasteiger partial charge >= 0.3 is 0 Å². The van der Waals surface area contributed by atoms with E-state index in [9.17, 15) is 0 Å². The molecule has 0 spiro atoms. The van der Waals surface area contributed by atoms with Crippen molar-refractivity contribution < 1.29 is 14.2 Å². The van der Waals surface area contributed by atoms with Crippen LogP contribution >= 0.6 is 0 Å². The minimum atomic E-state index is 0.305. The number of hydrogen-bond acceptors (Lipinski definition) is 5. The molecule has 0 aromatic heterocycles. The standard InChI is InChI=1S/C18H30N2O3/c1-5-6-7-13-12-20(9-8-15(13)19)14-10-16(21-2)18(23-4)17(11-14)22-3/h10-11,13,15H,5-9,12,19H2,1-4H3/t13-,15+/m1/s1. The van der Waals surface area contributed by atoms with Gasteiger partial charge in [0.15, 0.2) is 11.5 Å². The highest BCUT2D eigenvalue weighted by Crippen LogP contribution is 2.41. The minimum absolute atomic E-state index is 0.305.